The van der Waals surface area contributed by atoms with Gasteiger partial charge in [-0.05, 0) is 36.6 Å². The molecule has 0 radical (unpaired) electrons. The lowest BCUT2D eigenvalue weighted by molar-refractivity contribution is -0.890. The Morgan fingerprint density at radius 2 is 1.43 bits per heavy atom. The summed E-state index contributed by atoms with van der Waals surface area (Å²) in [5.74, 6) is 1.49. The Balaban J connectivity index is 2.19. The van der Waals surface area contributed by atoms with Crippen LogP contribution in [0.15, 0.2) is 23.2 Å². The van der Waals surface area contributed by atoms with E-state index in [0.717, 1.165) is 34.5 Å². The van der Waals surface area contributed by atoms with Crippen LogP contribution in [0.4, 0.5) is 0 Å². The van der Waals surface area contributed by atoms with Crippen LogP contribution in [0.5, 0.6) is 11.5 Å². The minimum atomic E-state index is 0.745. The first-order valence-corrected chi connectivity index (χ1v) is 11.1. The fourth-order valence-electron chi connectivity index (χ4n) is 3.48. The smallest absolute Gasteiger partial charge is 0.161 e. The molecular formula is C24H43N2O2+. The molecule has 0 aliphatic carbocycles. The summed E-state index contributed by atoms with van der Waals surface area (Å²) in [7, 11) is 8.00. The lowest BCUT2D eigenvalue weighted by Gasteiger charge is -2.29. The zero-order valence-electron chi connectivity index (χ0n) is 19.0. The van der Waals surface area contributed by atoms with Gasteiger partial charge in [0, 0.05) is 19.2 Å². The molecule has 4 heteroatoms. The normalized spacial score (nSPS) is 11.9. The highest BCUT2D eigenvalue weighted by atomic mass is 16.5. The Kier molecular flexibility index (Phi) is 12.6. The van der Waals surface area contributed by atoms with E-state index in [0.29, 0.717) is 0 Å². The molecule has 0 atom stereocenters. The number of rotatable bonds is 16. The van der Waals surface area contributed by atoms with Crippen LogP contribution < -0.4 is 9.47 Å². The fraction of sp³-hybridized carbons (Fsp3) is 0.708. The van der Waals surface area contributed by atoms with E-state index in [1.807, 2.05) is 24.4 Å². The molecule has 0 amide bonds. The van der Waals surface area contributed by atoms with Gasteiger partial charge in [-0.25, -0.2) is 0 Å². The predicted octanol–water partition coefficient (Wildman–Crippen LogP) is 5.73. The lowest BCUT2D eigenvalue weighted by Crippen LogP contribution is -2.41. The highest BCUT2D eigenvalue weighted by Crippen LogP contribution is 2.26. The van der Waals surface area contributed by atoms with Crippen molar-refractivity contribution in [3.05, 3.63) is 23.8 Å². The van der Waals surface area contributed by atoms with Crippen molar-refractivity contribution in [1.82, 2.24) is 0 Å². The second kappa shape index (κ2) is 14.4. The van der Waals surface area contributed by atoms with Gasteiger partial charge in [0.15, 0.2) is 11.5 Å². The maximum absolute atomic E-state index is 5.34. The highest BCUT2D eigenvalue weighted by molar-refractivity contribution is 5.80. The SMILES string of the molecule is CCCCCCCCCC[N+](C)(C)CCCN=Cc1ccc(OC)c(OC)c1. The van der Waals surface area contributed by atoms with Crippen molar-refractivity contribution in [1.29, 1.82) is 0 Å². The van der Waals surface area contributed by atoms with E-state index < -0.39 is 0 Å². The van der Waals surface area contributed by atoms with Crippen LogP contribution >= 0.6 is 0 Å². The van der Waals surface area contributed by atoms with Crippen molar-refractivity contribution >= 4 is 6.21 Å². The zero-order chi connectivity index (χ0) is 20.7. The second-order valence-corrected chi connectivity index (χ2v) is 8.36. The summed E-state index contributed by atoms with van der Waals surface area (Å²) in [6.07, 6.45) is 14.2. The number of hydrogen-bond acceptors (Lipinski definition) is 3. The summed E-state index contributed by atoms with van der Waals surface area (Å²) < 4.78 is 11.7. The van der Waals surface area contributed by atoms with Crippen molar-refractivity contribution < 1.29 is 14.0 Å². The summed E-state index contributed by atoms with van der Waals surface area (Å²) in [6, 6.07) is 5.89. The molecule has 4 nitrogen and oxygen atoms in total. The van der Waals surface area contributed by atoms with Gasteiger partial charge < -0.3 is 14.0 Å². The van der Waals surface area contributed by atoms with E-state index in [2.05, 4.69) is 26.0 Å². The van der Waals surface area contributed by atoms with Gasteiger partial charge in [0.1, 0.15) is 0 Å². The maximum Gasteiger partial charge on any atom is 0.161 e. The molecule has 28 heavy (non-hydrogen) atoms. The molecular weight excluding hydrogens is 348 g/mol. The Morgan fingerprint density at radius 1 is 0.821 bits per heavy atom. The average Bonchev–Trinajstić information content (AvgIpc) is 2.69. The highest BCUT2D eigenvalue weighted by Gasteiger charge is 2.13. The number of methoxy groups -OCH3 is 2. The first-order valence-electron chi connectivity index (χ1n) is 11.1. The van der Waals surface area contributed by atoms with Crippen LogP contribution in [-0.4, -0.2) is 58.6 Å². The van der Waals surface area contributed by atoms with E-state index >= 15 is 0 Å². The second-order valence-electron chi connectivity index (χ2n) is 8.36. The van der Waals surface area contributed by atoms with Crippen molar-refractivity contribution in [3.8, 4) is 11.5 Å². The van der Waals surface area contributed by atoms with Gasteiger partial charge in [0.2, 0.25) is 0 Å². The summed E-state index contributed by atoms with van der Waals surface area (Å²) in [4.78, 5) is 4.59. The molecule has 1 aromatic carbocycles. The molecule has 0 unspecified atom stereocenters. The molecule has 0 aliphatic heterocycles. The van der Waals surface area contributed by atoms with Crippen molar-refractivity contribution in [3.63, 3.8) is 0 Å². The Hall–Kier alpha value is -1.55. The minimum Gasteiger partial charge on any atom is -0.493 e. The summed E-state index contributed by atoms with van der Waals surface area (Å²) in [6.45, 7) is 5.60. The van der Waals surface area contributed by atoms with Gasteiger partial charge >= 0.3 is 0 Å². The quantitative estimate of drug-likeness (QED) is 0.205. The van der Waals surface area contributed by atoms with Gasteiger partial charge in [-0.3, -0.25) is 4.99 Å². The molecule has 0 saturated heterocycles. The number of nitrogens with zero attached hydrogens (tertiary/aromatic N) is 2. The number of hydrogen-bond donors (Lipinski definition) is 0. The predicted molar refractivity (Wildman–Crippen MR) is 121 cm³/mol. The zero-order valence-corrected chi connectivity index (χ0v) is 19.0. The molecule has 0 spiro atoms. The van der Waals surface area contributed by atoms with Crippen molar-refractivity contribution in [2.75, 3.05) is 47.9 Å². The standard InChI is InChI=1S/C24H43N2O2/c1-6-7-8-9-10-11-12-13-18-26(2,3)19-14-17-25-21-22-15-16-23(27-4)24(20-22)28-5/h15-16,20-21H,6-14,17-19H2,1-5H3/q+1. The van der Waals surface area contributed by atoms with Crippen LogP contribution in [0.3, 0.4) is 0 Å². The molecule has 0 heterocycles. The van der Waals surface area contributed by atoms with E-state index in [-0.39, 0.29) is 0 Å². The monoisotopic (exact) mass is 391 g/mol. The van der Waals surface area contributed by atoms with Crippen LogP contribution in [0, 0.1) is 0 Å². The Labute approximate surface area is 173 Å². The topological polar surface area (TPSA) is 30.8 Å². The molecule has 0 bridgehead atoms. The number of unbranched alkanes of at least 4 members (excludes halogenated alkanes) is 7. The van der Waals surface area contributed by atoms with Crippen LogP contribution in [-0.2, 0) is 0 Å². The van der Waals surface area contributed by atoms with Crippen LogP contribution in [0.25, 0.3) is 0 Å². The molecule has 0 aromatic heterocycles. The fourth-order valence-corrected chi connectivity index (χ4v) is 3.48. The van der Waals surface area contributed by atoms with E-state index in [1.165, 1.54) is 64.5 Å². The van der Waals surface area contributed by atoms with E-state index in [1.54, 1.807) is 14.2 Å². The van der Waals surface area contributed by atoms with Gasteiger partial charge in [0.05, 0.1) is 41.4 Å². The molecule has 0 fully saturated rings. The number of quaternary nitrogens is 1. The molecule has 1 aromatic rings. The third-order valence-corrected chi connectivity index (χ3v) is 5.32. The third-order valence-electron chi connectivity index (χ3n) is 5.32. The molecule has 0 aliphatic rings. The lowest BCUT2D eigenvalue weighted by atomic mass is 10.1. The third kappa shape index (κ3) is 10.7. The summed E-state index contributed by atoms with van der Waals surface area (Å²) in [5, 5.41) is 0. The van der Waals surface area contributed by atoms with Gasteiger partial charge in [-0.15, -0.1) is 0 Å². The number of benzene rings is 1. The number of ether oxygens (including phenoxy) is 2. The first kappa shape index (κ1) is 24.5. The van der Waals surface area contributed by atoms with Gasteiger partial charge in [0.25, 0.3) is 0 Å². The van der Waals surface area contributed by atoms with Gasteiger partial charge in [-0.2, -0.15) is 0 Å². The number of aliphatic imine (C=N–C) groups is 1. The van der Waals surface area contributed by atoms with Gasteiger partial charge in [-0.1, -0.05) is 45.4 Å². The van der Waals surface area contributed by atoms with Crippen molar-refractivity contribution in [2.24, 2.45) is 4.99 Å². The Bertz CT molecular complexity index is 556. The van der Waals surface area contributed by atoms with E-state index in [4.69, 9.17) is 9.47 Å². The minimum absolute atomic E-state index is 0.745. The molecule has 1 rings (SSSR count). The summed E-state index contributed by atoms with van der Waals surface area (Å²) >= 11 is 0. The molecule has 0 saturated carbocycles. The van der Waals surface area contributed by atoms with Crippen molar-refractivity contribution in [2.45, 2.75) is 64.7 Å². The molecule has 160 valence electrons. The molecule has 0 N–H and O–H groups in total. The average molecular weight is 392 g/mol. The Morgan fingerprint density at radius 3 is 2.07 bits per heavy atom. The largest absolute Gasteiger partial charge is 0.493 e. The van der Waals surface area contributed by atoms with Crippen LogP contribution in [0.1, 0.15) is 70.3 Å². The maximum atomic E-state index is 5.34. The van der Waals surface area contributed by atoms with E-state index in [9.17, 15) is 0 Å². The first-order chi connectivity index (χ1) is 13.5. The van der Waals surface area contributed by atoms with Crippen LogP contribution in [0.2, 0.25) is 0 Å². The summed E-state index contributed by atoms with van der Waals surface area (Å²) in [5.41, 5.74) is 1.05.